The Kier molecular flexibility index (Phi) is 6.37. The SMILES string of the molecule is CCN(CC)CCCN1C(=O)C(O)=C(C(=O)c2cc3ccccc3o2)[C@H]1c1ccncc1. The summed E-state index contributed by atoms with van der Waals surface area (Å²) in [5.41, 5.74) is 1.35. The lowest BCUT2D eigenvalue weighted by Crippen LogP contribution is -2.34. The van der Waals surface area contributed by atoms with Crippen LogP contribution in [0.4, 0.5) is 0 Å². The molecular weight excluding hydrogens is 406 g/mol. The van der Waals surface area contributed by atoms with Crippen molar-refractivity contribution in [3.8, 4) is 0 Å². The van der Waals surface area contributed by atoms with Gasteiger partial charge in [0.15, 0.2) is 11.5 Å². The fourth-order valence-corrected chi connectivity index (χ4v) is 4.24. The van der Waals surface area contributed by atoms with E-state index in [1.165, 1.54) is 0 Å². The average molecular weight is 434 g/mol. The largest absolute Gasteiger partial charge is 0.503 e. The van der Waals surface area contributed by atoms with Crippen LogP contribution >= 0.6 is 0 Å². The predicted octanol–water partition coefficient (Wildman–Crippen LogP) is 4.14. The molecule has 0 unspecified atom stereocenters. The zero-order valence-electron chi connectivity index (χ0n) is 18.3. The fourth-order valence-electron chi connectivity index (χ4n) is 4.24. The third-order valence-corrected chi connectivity index (χ3v) is 5.99. The van der Waals surface area contributed by atoms with Crippen molar-refractivity contribution in [1.29, 1.82) is 0 Å². The molecule has 2 aromatic heterocycles. The number of carbonyl (C=O) groups is 2. The van der Waals surface area contributed by atoms with E-state index in [1.807, 2.05) is 18.2 Å². The molecule has 1 aromatic carbocycles. The highest BCUT2D eigenvalue weighted by Gasteiger charge is 2.44. The maximum Gasteiger partial charge on any atom is 0.290 e. The Hall–Kier alpha value is -3.45. The molecule has 1 aliphatic rings. The zero-order chi connectivity index (χ0) is 22.7. The van der Waals surface area contributed by atoms with Crippen LogP contribution in [0.2, 0.25) is 0 Å². The molecule has 1 aliphatic heterocycles. The van der Waals surface area contributed by atoms with E-state index in [9.17, 15) is 14.7 Å². The van der Waals surface area contributed by atoms with Crippen molar-refractivity contribution in [1.82, 2.24) is 14.8 Å². The van der Waals surface area contributed by atoms with Crippen LogP contribution in [0.3, 0.4) is 0 Å². The summed E-state index contributed by atoms with van der Waals surface area (Å²) in [4.78, 5) is 34.4. The lowest BCUT2D eigenvalue weighted by Gasteiger charge is -2.27. The van der Waals surface area contributed by atoms with Crippen molar-refractivity contribution in [2.45, 2.75) is 26.3 Å². The third-order valence-electron chi connectivity index (χ3n) is 5.99. The monoisotopic (exact) mass is 433 g/mol. The second-order valence-corrected chi connectivity index (χ2v) is 7.80. The number of furan rings is 1. The lowest BCUT2D eigenvalue weighted by molar-refractivity contribution is -0.129. The average Bonchev–Trinajstić information content (AvgIpc) is 3.37. The van der Waals surface area contributed by atoms with E-state index >= 15 is 0 Å². The van der Waals surface area contributed by atoms with Crippen LogP contribution in [0.1, 0.15) is 42.4 Å². The van der Waals surface area contributed by atoms with Crippen LogP contribution < -0.4 is 0 Å². The molecule has 0 spiro atoms. The van der Waals surface area contributed by atoms with Gasteiger partial charge in [-0.2, -0.15) is 0 Å². The molecule has 0 aliphatic carbocycles. The van der Waals surface area contributed by atoms with E-state index < -0.39 is 23.5 Å². The van der Waals surface area contributed by atoms with Crippen LogP contribution in [0.15, 0.2) is 70.6 Å². The first-order chi connectivity index (χ1) is 15.5. The van der Waals surface area contributed by atoms with Gasteiger partial charge in [0.2, 0.25) is 5.78 Å². The third kappa shape index (κ3) is 4.03. The van der Waals surface area contributed by atoms with Gasteiger partial charge in [-0.05, 0) is 55.9 Å². The first-order valence-electron chi connectivity index (χ1n) is 10.9. The molecule has 1 N–H and O–H groups in total. The van der Waals surface area contributed by atoms with Gasteiger partial charge in [-0.15, -0.1) is 0 Å². The van der Waals surface area contributed by atoms with Crippen molar-refractivity contribution in [3.05, 3.63) is 77.5 Å². The van der Waals surface area contributed by atoms with Crippen molar-refractivity contribution in [3.63, 3.8) is 0 Å². The molecule has 3 heterocycles. The molecule has 0 saturated heterocycles. The van der Waals surface area contributed by atoms with Gasteiger partial charge < -0.3 is 19.3 Å². The summed E-state index contributed by atoms with van der Waals surface area (Å²) in [6.45, 7) is 7.30. The minimum absolute atomic E-state index is 0.0445. The topological polar surface area (TPSA) is 86.9 Å². The Morgan fingerprint density at radius 1 is 1.16 bits per heavy atom. The number of Topliss-reactive ketones (excluding diaryl/α,β-unsaturated/α-hetero) is 1. The molecule has 0 fully saturated rings. The predicted molar refractivity (Wildman–Crippen MR) is 121 cm³/mol. The Morgan fingerprint density at radius 2 is 1.88 bits per heavy atom. The van der Waals surface area contributed by atoms with Crippen molar-refractivity contribution in [2.75, 3.05) is 26.2 Å². The molecule has 3 aromatic rings. The van der Waals surface area contributed by atoms with Gasteiger partial charge in [0.25, 0.3) is 5.91 Å². The zero-order valence-corrected chi connectivity index (χ0v) is 18.3. The number of nitrogens with zero attached hydrogens (tertiary/aromatic N) is 3. The van der Waals surface area contributed by atoms with Crippen molar-refractivity contribution in [2.24, 2.45) is 0 Å². The van der Waals surface area contributed by atoms with Gasteiger partial charge in [-0.25, -0.2) is 0 Å². The summed E-state index contributed by atoms with van der Waals surface area (Å²) in [5.74, 6) is -1.43. The van der Waals surface area contributed by atoms with Gasteiger partial charge in [0.05, 0.1) is 11.6 Å². The van der Waals surface area contributed by atoms with Crippen LogP contribution in [-0.2, 0) is 4.79 Å². The molecule has 4 rings (SSSR count). The number of aliphatic hydroxyl groups is 1. The van der Waals surface area contributed by atoms with Crippen LogP contribution in [0, 0.1) is 0 Å². The number of pyridine rings is 1. The smallest absolute Gasteiger partial charge is 0.290 e. The minimum Gasteiger partial charge on any atom is -0.503 e. The number of benzene rings is 1. The number of fused-ring (bicyclic) bond motifs is 1. The number of hydrogen-bond acceptors (Lipinski definition) is 6. The highest BCUT2D eigenvalue weighted by atomic mass is 16.3. The van der Waals surface area contributed by atoms with Gasteiger partial charge in [-0.3, -0.25) is 14.6 Å². The lowest BCUT2D eigenvalue weighted by atomic mass is 9.95. The molecule has 7 nitrogen and oxygen atoms in total. The molecule has 166 valence electrons. The molecule has 0 saturated carbocycles. The molecule has 0 radical (unpaired) electrons. The Labute approximate surface area is 187 Å². The maximum absolute atomic E-state index is 13.5. The van der Waals surface area contributed by atoms with E-state index in [0.29, 0.717) is 12.1 Å². The standard InChI is InChI=1S/C25H27N3O4/c1-3-27(4-2)14-7-15-28-22(17-10-12-26-13-11-17)21(24(30)25(28)31)23(29)20-16-18-8-5-6-9-19(18)32-20/h5-6,8-13,16,22,30H,3-4,7,14-15H2,1-2H3/t22-/m1/s1. The van der Waals surface area contributed by atoms with Crippen LogP contribution in [0.5, 0.6) is 0 Å². The summed E-state index contributed by atoms with van der Waals surface area (Å²) < 4.78 is 5.74. The summed E-state index contributed by atoms with van der Waals surface area (Å²) in [6, 6.07) is 11.8. The summed E-state index contributed by atoms with van der Waals surface area (Å²) in [5, 5.41) is 11.6. The number of amides is 1. The first kappa shape index (κ1) is 21.8. The number of hydrogen-bond donors (Lipinski definition) is 1. The molecule has 7 heteroatoms. The summed E-state index contributed by atoms with van der Waals surface area (Å²) >= 11 is 0. The minimum atomic E-state index is -0.692. The van der Waals surface area contributed by atoms with E-state index in [4.69, 9.17) is 4.42 Å². The van der Waals surface area contributed by atoms with Gasteiger partial charge >= 0.3 is 0 Å². The molecular formula is C25H27N3O4. The Balaban J connectivity index is 1.67. The maximum atomic E-state index is 13.5. The normalized spacial score (nSPS) is 16.5. The molecule has 1 atom stereocenters. The number of rotatable bonds is 9. The second-order valence-electron chi connectivity index (χ2n) is 7.80. The van der Waals surface area contributed by atoms with Crippen LogP contribution in [0.25, 0.3) is 11.0 Å². The van der Waals surface area contributed by atoms with E-state index in [0.717, 1.165) is 37.0 Å². The summed E-state index contributed by atoms with van der Waals surface area (Å²) in [7, 11) is 0. The Bertz CT molecular complexity index is 1120. The van der Waals surface area contributed by atoms with Gasteiger partial charge in [-0.1, -0.05) is 32.0 Å². The highest BCUT2D eigenvalue weighted by molar-refractivity contribution is 6.16. The highest BCUT2D eigenvalue weighted by Crippen LogP contribution is 2.39. The number of para-hydroxylation sites is 1. The quantitative estimate of drug-likeness (QED) is 0.511. The Morgan fingerprint density at radius 3 is 2.56 bits per heavy atom. The van der Waals surface area contributed by atoms with Gasteiger partial charge in [0.1, 0.15) is 5.58 Å². The fraction of sp³-hybridized carbons (Fsp3) is 0.320. The number of carbonyl (C=O) groups excluding carboxylic acids is 2. The van der Waals surface area contributed by atoms with E-state index in [1.54, 1.807) is 41.6 Å². The second kappa shape index (κ2) is 9.36. The van der Waals surface area contributed by atoms with Crippen molar-refractivity contribution < 1.29 is 19.1 Å². The first-order valence-corrected chi connectivity index (χ1v) is 10.9. The van der Waals surface area contributed by atoms with E-state index in [2.05, 4.69) is 23.7 Å². The molecule has 1 amide bonds. The number of ketones is 1. The summed E-state index contributed by atoms with van der Waals surface area (Å²) in [6.07, 6.45) is 3.97. The van der Waals surface area contributed by atoms with Gasteiger partial charge in [0, 0.05) is 24.3 Å². The van der Waals surface area contributed by atoms with Crippen LogP contribution in [-0.4, -0.2) is 57.8 Å². The van der Waals surface area contributed by atoms with E-state index in [-0.39, 0.29) is 11.3 Å². The molecule has 0 bridgehead atoms. The van der Waals surface area contributed by atoms with Crippen molar-refractivity contribution >= 4 is 22.7 Å². The number of aliphatic hydroxyl groups excluding tert-OH is 1. The number of aromatic nitrogens is 1. The molecule has 32 heavy (non-hydrogen) atoms.